The van der Waals surface area contributed by atoms with Crippen molar-refractivity contribution in [3.05, 3.63) is 35.9 Å². The lowest BCUT2D eigenvalue weighted by atomic mass is 10.0. The molecule has 3 nitrogen and oxygen atoms in total. The maximum atomic E-state index is 5.72. The maximum Gasteiger partial charge on any atom is 0.164 e. The number of benzene rings is 1. The van der Waals surface area contributed by atoms with Gasteiger partial charge in [-0.15, -0.1) is 19.0 Å². The molecule has 0 aromatic heterocycles. The minimum absolute atomic E-state index is 0. The van der Waals surface area contributed by atoms with E-state index in [1.54, 1.807) is 7.11 Å². The van der Waals surface area contributed by atoms with Gasteiger partial charge in [0, 0.05) is 18.2 Å². The molecule has 0 bridgehead atoms. The molecule has 0 fully saturated rings. The molecule has 0 saturated heterocycles. The molecule has 1 aromatic rings. The first-order chi connectivity index (χ1) is 9.65. The molecule has 0 heterocycles. The molecule has 0 radical (unpaired) electrons. The Bertz CT molecular complexity index is 435. The minimum Gasteiger partial charge on any atom is -0.493 e. The molecule has 1 atom stereocenters. The second-order valence-corrected chi connectivity index (χ2v) is 4.90. The molecule has 0 aliphatic rings. The lowest BCUT2D eigenvalue weighted by molar-refractivity contribution is 0.308. The summed E-state index contributed by atoms with van der Waals surface area (Å²) in [5.74, 6) is 1.63. The number of nitrogens with one attached hydrogen (secondary N) is 1. The van der Waals surface area contributed by atoms with Crippen LogP contribution >= 0.6 is 12.4 Å². The second kappa shape index (κ2) is 10.5. The average Bonchev–Trinajstić information content (AvgIpc) is 2.47. The van der Waals surface area contributed by atoms with Gasteiger partial charge in [0.15, 0.2) is 11.5 Å². The molecule has 0 amide bonds. The fraction of sp³-hybridized carbons (Fsp3) is 0.529. The first kappa shape index (κ1) is 19.8. The Morgan fingerprint density at radius 3 is 2.57 bits per heavy atom. The zero-order valence-corrected chi connectivity index (χ0v) is 14.4. The number of ether oxygens (including phenoxy) is 2. The van der Waals surface area contributed by atoms with E-state index in [1.807, 2.05) is 19.1 Å². The number of rotatable bonds is 9. The molecule has 0 spiro atoms. The van der Waals surface area contributed by atoms with Crippen LogP contribution in [0.25, 0.3) is 0 Å². The summed E-state index contributed by atoms with van der Waals surface area (Å²) in [6, 6.07) is 4.73. The number of methoxy groups -OCH3 is 1. The van der Waals surface area contributed by atoms with Crippen molar-refractivity contribution in [3.63, 3.8) is 0 Å². The summed E-state index contributed by atoms with van der Waals surface area (Å²) in [5.41, 5.74) is 2.34. The average molecular weight is 314 g/mol. The molecule has 1 aromatic carbocycles. The highest BCUT2D eigenvalue weighted by Gasteiger charge is 2.12. The maximum absolute atomic E-state index is 5.72. The lowest BCUT2D eigenvalue weighted by Crippen LogP contribution is -2.24. The van der Waals surface area contributed by atoms with Gasteiger partial charge in [-0.1, -0.05) is 19.1 Å². The van der Waals surface area contributed by atoms with Crippen molar-refractivity contribution in [2.24, 2.45) is 0 Å². The summed E-state index contributed by atoms with van der Waals surface area (Å²) < 4.78 is 11.2. The van der Waals surface area contributed by atoms with Crippen molar-refractivity contribution in [2.75, 3.05) is 13.7 Å². The van der Waals surface area contributed by atoms with Gasteiger partial charge in [-0.25, -0.2) is 0 Å². The first-order valence-electron chi connectivity index (χ1n) is 7.33. The number of hydrogen-bond donors (Lipinski definition) is 1. The SMILES string of the molecule is C=CCc1cc(CNC(C)CC)cc(OC)c1OCC.Cl. The summed E-state index contributed by atoms with van der Waals surface area (Å²) in [6.07, 6.45) is 3.79. The third-order valence-electron chi connectivity index (χ3n) is 3.33. The van der Waals surface area contributed by atoms with Gasteiger partial charge in [0.1, 0.15) is 0 Å². The lowest BCUT2D eigenvalue weighted by Gasteiger charge is -2.17. The monoisotopic (exact) mass is 313 g/mol. The van der Waals surface area contributed by atoms with Crippen LogP contribution in [0.15, 0.2) is 24.8 Å². The van der Waals surface area contributed by atoms with E-state index in [1.165, 1.54) is 5.56 Å². The van der Waals surface area contributed by atoms with Gasteiger partial charge < -0.3 is 14.8 Å². The Balaban J connectivity index is 0.00000400. The van der Waals surface area contributed by atoms with Crippen molar-refractivity contribution in [1.82, 2.24) is 5.32 Å². The highest BCUT2D eigenvalue weighted by Crippen LogP contribution is 2.33. The number of halogens is 1. The molecule has 21 heavy (non-hydrogen) atoms. The Morgan fingerprint density at radius 1 is 1.33 bits per heavy atom. The summed E-state index contributed by atoms with van der Waals surface area (Å²) in [4.78, 5) is 0. The van der Waals surface area contributed by atoms with E-state index in [4.69, 9.17) is 9.47 Å². The van der Waals surface area contributed by atoms with Crippen LogP contribution in [0.5, 0.6) is 11.5 Å². The molecule has 120 valence electrons. The van der Waals surface area contributed by atoms with E-state index in [0.717, 1.165) is 36.4 Å². The van der Waals surface area contributed by atoms with Gasteiger partial charge in [-0.2, -0.15) is 0 Å². The van der Waals surface area contributed by atoms with Crippen molar-refractivity contribution >= 4 is 12.4 Å². The van der Waals surface area contributed by atoms with Crippen LogP contribution in [0.3, 0.4) is 0 Å². The Labute approximate surface area is 135 Å². The van der Waals surface area contributed by atoms with Gasteiger partial charge in [-0.3, -0.25) is 0 Å². The first-order valence-corrected chi connectivity index (χ1v) is 7.33. The Hall–Kier alpha value is -1.19. The van der Waals surface area contributed by atoms with Gasteiger partial charge in [-0.05, 0) is 38.3 Å². The second-order valence-electron chi connectivity index (χ2n) is 4.90. The van der Waals surface area contributed by atoms with Crippen LogP contribution in [0, 0.1) is 0 Å². The van der Waals surface area contributed by atoms with Crippen LogP contribution in [0.1, 0.15) is 38.3 Å². The topological polar surface area (TPSA) is 30.5 Å². The largest absolute Gasteiger partial charge is 0.493 e. The molecular weight excluding hydrogens is 286 g/mol. The molecule has 0 aliphatic heterocycles. The third-order valence-corrected chi connectivity index (χ3v) is 3.33. The van der Waals surface area contributed by atoms with Gasteiger partial charge in [0.2, 0.25) is 0 Å². The van der Waals surface area contributed by atoms with Crippen molar-refractivity contribution in [2.45, 2.75) is 46.2 Å². The normalized spacial score (nSPS) is 11.4. The zero-order valence-electron chi connectivity index (χ0n) is 13.6. The van der Waals surface area contributed by atoms with E-state index in [9.17, 15) is 0 Å². The van der Waals surface area contributed by atoms with Crippen LogP contribution < -0.4 is 14.8 Å². The number of allylic oxidation sites excluding steroid dienone is 1. The molecule has 0 aliphatic carbocycles. The van der Waals surface area contributed by atoms with Crippen LogP contribution in [0.4, 0.5) is 0 Å². The standard InChI is InChI=1S/C17H27NO2.ClH/c1-6-9-15-10-14(12-18-13(4)7-2)11-16(19-5)17(15)20-8-3;/h6,10-11,13,18H,1,7-9,12H2,2-5H3;1H. The summed E-state index contributed by atoms with van der Waals surface area (Å²) in [5, 5.41) is 3.50. The van der Waals surface area contributed by atoms with Gasteiger partial charge >= 0.3 is 0 Å². The van der Waals surface area contributed by atoms with E-state index in [2.05, 4.69) is 31.8 Å². The van der Waals surface area contributed by atoms with Gasteiger partial charge in [0.05, 0.1) is 13.7 Å². The summed E-state index contributed by atoms with van der Waals surface area (Å²) in [6.45, 7) is 11.6. The highest BCUT2D eigenvalue weighted by molar-refractivity contribution is 5.85. The molecule has 1 rings (SSSR count). The van der Waals surface area contributed by atoms with E-state index in [-0.39, 0.29) is 12.4 Å². The van der Waals surface area contributed by atoms with E-state index >= 15 is 0 Å². The summed E-state index contributed by atoms with van der Waals surface area (Å²) >= 11 is 0. The zero-order chi connectivity index (χ0) is 15.0. The van der Waals surface area contributed by atoms with Gasteiger partial charge in [0.25, 0.3) is 0 Å². The molecular formula is C17H28ClNO2. The van der Waals surface area contributed by atoms with Crippen LogP contribution in [-0.4, -0.2) is 19.8 Å². The van der Waals surface area contributed by atoms with Crippen molar-refractivity contribution in [3.8, 4) is 11.5 Å². The quantitative estimate of drug-likeness (QED) is 0.695. The highest BCUT2D eigenvalue weighted by atomic mass is 35.5. The third kappa shape index (κ3) is 5.98. The summed E-state index contributed by atoms with van der Waals surface area (Å²) in [7, 11) is 1.68. The fourth-order valence-corrected chi connectivity index (χ4v) is 2.03. The minimum atomic E-state index is 0. The molecule has 1 unspecified atom stereocenters. The molecule has 0 saturated carbocycles. The Morgan fingerprint density at radius 2 is 2.05 bits per heavy atom. The Kier molecular flexibility index (Phi) is 9.93. The smallest absolute Gasteiger partial charge is 0.164 e. The van der Waals surface area contributed by atoms with E-state index < -0.39 is 0 Å². The molecule has 1 N–H and O–H groups in total. The predicted molar refractivity (Wildman–Crippen MR) is 91.9 cm³/mol. The van der Waals surface area contributed by atoms with Crippen molar-refractivity contribution in [1.29, 1.82) is 0 Å². The predicted octanol–water partition coefficient (Wildman–Crippen LogP) is 4.13. The van der Waals surface area contributed by atoms with Crippen molar-refractivity contribution < 1.29 is 9.47 Å². The fourth-order valence-electron chi connectivity index (χ4n) is 2.03. The van der Waals surface area contributed by atoms with Crippen LogP contribution in [0.2, 0.25) is 0 Å². The molecule has 4 heteroatoms. The van der Waals surface area contributed by atoms with Crippen LogP contribution in [-0.2, 0) is 13.0 Å². The number of hydrogen-bond acceptors (Lipinski definition) is 3. The van der Waals surface area contributed by atoms with E-state index in [0.29, 0.717) is 12.6 Å².